The molecule has 6 nitrogen and oxygen atoms in total. The number of likely N-dealkylation sites (tertiary alicyclic amines) is 1. The Morgan fingerprint density at radius 2 is 2.00 bits per heavy atom. The maximum Gasteiger partial charge on any atom is 0.225 e. The van der Waals surface area contributed by atoms with Crippen LogP contribution in [-0.4, -0.2) is 55.6 Å². The summed E-state index contributed by atoms with van der Waals surface area (Å²) < 4.78 is 5.59. The quantitative estimate of drug-likeness (QED) is 0.507. The molecule has 1 aromatic carbocycles. The van der Waals surface area contributed by atoms with Crippen molar-refractivity contribution in [3.05, 3.63) is 29.3 Å². The van der Waals surface area contributed by atoms with Crippen molar-refractivity contribution in [3.63, 3.8) is 0 Å². The van der Waals surface area contributed by atoms with Gasteiger partial charge in [0.05, 0.1) is 6.61 Å². The normalized spacial score (nSPS) is 17.1. The number of piperidine rings is 1. The zero-order chi connectivity index (χ0) is 21.3. The van der Waals surface area contributed by atoms with E-state index in [0.29, 0.717) is 11.9 Å². The maximum atomic E-state index is 12.6. The van der Waals surface area contributed by atoms with Gasteiger partial charge < -0.3 is 20.3 Å². The van der Waals surface area contributed by atoms with E-state index in [1.807, 2.05) is 0 Å². The second-order valence-electron chi connectivity index (χ2n) is 8.31. The Balaban J connectivity index is 1.48. The number of aliphatic imine (C=N–C) groups is 1. The van der Waals surface area contributed by atoms with Crippen LogP contribution < -0.4 is 15.4 Å². The van der Waals surface area contributed by atoms with Gasteiger partial charge in [-0.15, -0.1) is 0 Å². The van der Waals surface area contributed by atoms with Gasteiger partial charge in [0, 0.05) is 44.6 Å². The lowest BCUT2D eigenvalue weighted by Crippen LogP contribution is -2.50. The molecule has 2 aliphatic heterocycles. The lowest BCUT2D eigenvalue weighted by atomic mass is 9.98. The Morgan fingerprint density at radius 1 is 1.23 bits per heavy atom. The first kappa shape index (κ1) is 22.4. The van der Waals surface area contributed by atoms with Crippen molar-refractivity contribution in [2.24, 2.45) is 10.9 Å². The minimum atomic E-state index is 0.180. The third-order valence-electron chi connectivity index (χ3n) is 6.25. The van der Waals surface area contributed by atoms with Crippen LogP contribution in [0.15, 0.2) is 23.2 Å². The molecule has 0 aromatic heterocycles. The van der Waals surface area contributed by atoms with E-state index in [0.717, 1.165) is 83.0 Å². The van der Waals surface area contributed by atoms with E-state index < -0.39 is 0 Å². The Kier molecular flexibility index (Phi) is 8.40. The number of carbonyl (C=O) groups is 1. The van der Waals surface area contributed by atoms with Gasteiger partial charge in [0.25, 0.3) is 0 Å². The first-order valence-corrected chi connectivity index (χ1v) is 11.7. The number of nitrogens with zero attached hydrogens (tertiary/aromatic N) is 2. The fourth-order valence-electron chi connectivity index (χ4n) is 4.35. The third-order valence-corrected chi connectivity index (χ3v) is 6.25. The number of ether oxygens (including phenoxy) is 1. The summed E-state index contributed by atoms with van der Waals surface area (Å²) in [5, 5.41) is 6.95. The molecule has 2 heterocycles. The molecule has 0 spiro atoms. The van der Waals surface area contributed by atoms with Crippen LogP contribution >= 0.6 is 0 Å². The summed E-state index contributed by atoms with van der Waals surface area (Å²) in [6, 6.07) is 6.85. The summed E-state index contributed by atoms with van der Waals surface area (Å²) in [6.07, 6.45) is 5.74. The van der Waals surface area contributed by atoms with E-state index >= 15 is 0 Å². The molecule has 0 saturated carbocycles. The zero-order valence-corrected chi connectivity index (χ0v) is 18.9. The summed E-state index contributed by atoms with van der Waals surface area (Å²) in [5.41, 5.74) is 2.63. The van der Waals surface area contributed by atoms with Crippen LogP contribution in [0.2, 0.25) is 0 Å². The number of hydrogen-bond donors (Lipinski definition) is 2. The minimum Gasteiger partial charge on any atom is -0.493 e. The number of benzene rings is 1. The van der Waals surface area contributed by atoms with Gasteiger partial charge in [-0.2, -0.15) is 0 Å². The molecule has 0 radical (unpaired) electrons. The highest BCUT2D eigenvalue weighted by molar-refractivity contribution is 5.80. The smallest absolute Gasteiger partial charge is 0.225 e. The second kappa shape index (κ2) is 11.2. The number of carbonyl (C=O) groups excluding carboxylic acids is 1. The van der Waals surface area contributed by atoms with Gasteiger partial charge >= 0.3 is 0 Å². The van der Waals surface area contributed by atoms with Gasteiger partial charge in [-0.05, 0) is 56.2 Å². The van der Waals surface area contributed by atoms with Crippen LogP contribution in [0, 0.1) is 5.92 Å². The van der Waals surface area contributed by atoms with E-state index in [1.54, 1.807) is 0 Å². The van der Waals surface area contributed by atoms with Gasteiger partial charge in [0.15, 0.2) is 5.96 Å². The molecule has 1 amide bonds. The first-order chi connectivity index (χ1) is 14.6. The van der Waals surface area contributed by atoms with Crippen LogP contribution in [0.5, 0.6) is 5.75 Å². The maximum absolute atomic E-state index is 12.6. The van der Waals surface area contributed by atoms with E-state index in [2.05, 4.69) is 54.5 Å². The summed E-state index contributed by atoms with van der Waals surface area (Å²) in [4.78, 5) is 19.4. The molecule has 0 bridgehead atoms. The van der Waals surface area contributed by atoms with Gasteiger partial charge in [-0.25, -0.2) is 0 Å². The number of nitrogens with one attached hydrogen (secondary N) is 2. The summed E-state index contributed by atoms with van der Waals surface area (Å²) in [7, 11) is 0. The number of hydrogen-bond acceptors (Lipinski definition) is 3. The topological polar surface area (TPSA) is 66.0 Å². The Hall–Kier alpha value is -2.24. The number of fused-ring (bicyclic) bond motifs is 1. The van der Waals surface area contributed by atoms with Crippen molar-refractivity contribution in [2.45, 2.75) is 65.3 Å². The predicted octanol–water partition coefficient (Wildman–Crippen LogP) is 3.15. The van der Waals surface area contributed by atoms with Crippen LogP contribution in [0.1, 0.15) is 57.6 Å². The molecule has 1 fully saturated rings. The standard InChI is InChI=1S/C24H38N4O2/c1-4-19(5-2)23(29)28-14-10-21(11-15-28)27-24(25-6-3)26-13-9-18-7-8-22-20(17-18)12-16-30-22/h7-8,17,19,21H,4-6,9-16H2,1-3H3,(H2,25,26,27). The largest absolute Gasteiger partial charge is 0.493 e. The van der Waals surface area contributed by atoms with Gasteiger partial charge in [-0.3, -0.25) is 9.79 Å². The number of amides is 1. The van der Waals surface area contributed by atoms with Gasteiger partial charge in [-0.1, -0.05) is 26.0 Å². The monoisotopic (exact) mass is 414 g/mol. The van der Waals surface area contributed by atoms with Crippen molar-refractivity contribution in [3.8, 4) is 5.75 Å². The first-order valence-electron chi connectivity index (χ1n) is 11.7. The number of guanidine groups is 1. The zero-order valence-electron chi connectivity index (χ0n) is 18.9. The molecule has 6 heteroatoms. The highest BCUT2D eigenvalue weighted by atomic mass is 16.5. The molecule has 0 unspecified atom stereocenters. The van der Waals surface area contributed by atoms with Crippen LogP contribution in [0.3, 0.4) is 0 Å². The Labute approximate surface area is 181 Å². The fraction of sp³-hybridized carbons (Fsp3) is 0.667. The van der Waals surface area contributed by atoms with Crippen LogP contribution in [0.4, 0.5) is 0 Å². The second-order valence-corrected chi connectivity index (χ2v) is 8.31. The summed E-state index contributed by atoms with van der Waals surface area (Å²) >= 11 is 0. The average molecular weight is 415 g/mol. The molecule has 30 heavy (non-hydrogen) atoms. The summed E-state index contributed by atoms with van der Waals surface area (Å²) in [5.74, 6) is 2.43. The highest BCUT2D eigenvalue weighted by Gasteiger charge is 2.26. The SMILES string of the molecule is CCNC(=NCCc1ccc2c(c1)CCO2)NC1CCN(C(=O)C(CC)CC)CC1. The summed E-state index contributed by atoms with van der Waals surface area (Å²) in [6.45, 7) is 10.4. The average Bonchev–Trinajstić information content (AvgIpc) is 3.23. The van der Waals surface area contributed by atoms with Crippen molar-refractivity contribution < 1.29 is 9.53 Å². The molecular weight excluding hydrogens is 376 g/mol. The van der Waals surface area contributed by atoms with Crippen LogP contribution in [-0.2, 0) is 17.6 Å². The molecule has 1 aromatic rings. The fourth-order valence-corrected chi connectivity index (χ4v) is 4.35. The van der Waals surface area contributed by atoms with Crippen LogP contribution in [0.25, 0.3) is 0 Å². The van der Waals surface area contributed by atoms with Gasteiger partial charge in [0.1, 0.15) is 5.75 Å². The Bertz CT molecular complexity index is 722. The van der Waals surface area contributed by atoms with Crippen molar-refractivity contribution in [1.29, 1.82) is 0 Å². The molecular formula is C24H38N4O2. The Morgan fingerprint density at radius 3 is 2.70 bits per heavy atom. The third kappa shape index (κ3) is 5.89. The molecule has 3 rings (SSSR count). The molecule has 0 aliphatic carbocycles. The van der Waals surface area contributed by atoms with Crippen molar-refractivity contribution in [1.82, 2.24) is 15.5 Å². The molecule has 1 saturated heterocycles. The number of rotatable bonds is 8. The van der Waals surface area contributed by atoms with Gasteiger partial charge in [0.2, 0.25) is 5.91 Å². The predicted molar refractivity (Wildman–Crippen MR) is 122 cm³/mol. The minimum absolute atomic E-state index is 0.180. The highest BCUT2D eigenvalue weighted by Crippen LogP contribution is 2.26. The van der Waals surface area contributed by atoms with Crippen molar-refractivity contribution in [2.75, 3.05) is 32.8 Å². The van der Waals surface area contributed by atoms with E-state index in [-0.39, 0.29) is 5.92 Å². The lowest BCUT2D eigenvalue weighted by Gasteiger charge is -2.34. The molecule has 0 atom stereocenters. The van der Waals surface area contributed by atoms with Crippen molar-refractivity contribution >= 4 is 11.9 Å². The van der Waals surface area contributed by atoms with E-state index in [1.165, 1.54) is 11.1 Å². The molecule has 2 aliphatic rings. The molecule has 166 valence electrons. The molecule has 2 N–H and O–H groups in total. The lowest BCUT2D eigenvalue weighted by molar-refractivity contribution is -0.136. The van der Waals surface area contributed by atoms with E-state index in [9.17, 15) is 4.79 Å². The van der Waals surface area contributed by atoms with E-state index in [4.69, 9.17) is 9.73 Å².